The van der Waals surface area contributed by atoms with Crippen LogP contribution in [0, 0.1) is 0 Å². The minimum atomic E-state index is 0.813. The number of likely N-dealkylation sites (tertiary alicyclic amines) is 1. The van der Waals surface area contributed by atoms with E-state index in [1.54, 1.807) is 0 Å². The van der Waals surface area contributed by atoms with E-state index in [1.807, 2.05) is 0 Å². The molecule has 2 aromatic carbocycles. The number of anilines is 1. The Morgan fingerprint density at radius 2 is 1.43 bits per heavy atom. The Morgan fingerprint density at radius 1 is 0.714 bits per heavy atom. The second-order valence-electron chi connectivity index (χ2n) is 7.99. The van der Waals surface area contributed by atoms with Crippen molar-refractivity contribution in [1.29, 1.82) is 0 Å². The summed E-state index contributed by atoms with van der Waals surface area (Å²) >= 11 is 0. The van der Waals surface area contributed by atoms with Crippen molar-refractivity contribution >= 4 is 5.69 Å². The average molecular weight is 380 g/mol. The van der Waals surface area contributed by atoms with Crippen molar-refractivity contribution in [2.24, 2.45) is 0 Å². The van der Waals surface area contributed by atoms with Gasteiger partial charge in [-0.15, -0.1) is 0 Å². The zero-order chi connectivity index (χ0) is 19.0. The van der Waals surface area contributed by atoms with Crippen LogP contribution in [0.4, 0.5) is 5.69 Å². The van der Waals surface area contributed by atoms with Gasteiger partial charge in [0.05, 0.1) is 6.61 Å². The van der Waals surface area contributed by atoms with E-state index in [0.717, 1.165) is 51.5 Å². The Bertz CT molecular complexity index is 690. The molecule has 150 valence electrons. The maximum absolute atomic E-state index is 5.94. The molecule has 2 aliphatic heterocycles. The van der Waals surface area contributed by atoms with Gasteiger partial charge < -0.3 is 14.5 Å². The van der Waals surface area contributed by atoms with Crippen molar-refractivity contribution in [3.63, 3.8) is 0 Å². The Kier molecular flexibility index (Phi) is 6.85. The SMILES string of the molecule is c1ccc(CN2CCN(c3ccc(OCCCN4CCCC4)cc3)CC2)cc1. The summed E-state index contributed by atoms with van der Waals surface area (Å²) in [6.07, 6.45) is 3.84. The van der Waals surface area contributed by atoms with E-state index in [0.29, 0.717) is 0 Å². The first-order valence-electron chi connectivity index (χ1n) is 10.8. The van der Waals surface area contributed by atoms with Crippen LogP contribution in [0.1, 0.15) is 24.8 Å². The van der Waals surface area contributed by atoms with Crippen LogP contribution >= 0.6 is 0 Å². The van der Waals surface area contributed by atoms with E-state index in [4.69, 9.17) is 4.74 Å². The van der Waals surface area contributed by atoms with Crippen LogP contribution in [0.15, 0.2) is 54.6 Å². The van der Waals surface area contributed by atoms with Crippen LogP contribution in [0.5, 0.6) is 5.75 Å². The fourth-order valence-corrected chi connectivity index (χ4v) is 4.24. The zero-order valence-electron chi connectivity index (χ0n) is 16.9. The minimum Gasteiger partial charge on any atom is -0.494 e. The summed E-state index contributed by atoms with van der Waals surface area (Å²) in [5.74, 6) is 0.993. The smallest absolute Gasteiger partial charge is 0.119 e. The van der Waals surface area contributed by atoms with Gasteiger partial charge in [0.15, 0.2) is 0 Å². The monoisotopic (exact) mass is 379 g/mol. The molecule has 0 radical (unpaired) electrons. The molecule has 4 rings (SSSR count). The van der Waals surface area contributed by atoms with Crippen LogP contribution in [-0.4, -0.2) is 62.2 Å². The highest BCUT2D eigenvalue weighted by atomic mass is 16.5. The molecule has 4 nitrogen and oxygen atoms in total. The molecule has 2 aliphatic rings. The fourth-order valence-electron chi connectivity index (χ4n) is 4.24. The lowest BCUT2D eigenvalue weighted by Crippen LogP contribution is -2.45. The molecule has 0 atom stereocenters. The van der Waals surface area contributed by atoms with E-state index in [2.05, 4.69) is 69.3 Å². The Hall–Kier alpha value is -2.04. The predicted molar refractivity (Wildman–Crippen MR) is 116 cm³/mol. The Labute approximate surface area is 169 Å². The molecular formula is C24H33N3O. The largest absolute Gasteiger partial charge is 0.494 e. The molecule has 0 unspecified atom stereocenters. The molecular weight excluding hydrogens is 346 g/mol. The lowest BCUT2D eigenvalue weighted by atomic mass is 10.2. The van der Waals surface area contributed by atoms with Gasteiger partial charge in [-0.05, 0) is 62.2 Å². The summed E-state index contributed by atoms with van der Waals surface area (Å²) < 4.78 is 5.94. The van der Waals surface area contributed by atoms with Crippen molar-refractivity contribution in [3.05, 3.63) is 60.2 Å². The van der Waals surface area contributed by atoms with Gasteiger partial charge in [0.25, 0.3) is 0 Å². The van der Waals surface area contributed by atoms with Crippen LogP contribution in [0.25, 0.3) is 0 Å². The number of benzene rings is 2. The van der Waals surface area contributed by atoms with E-state index >= 15 is 0 Å². The molecule has 2 fully saturated rings. The van der Waals surface area contributed by atoms with Gasteiger partial charge in [0, 0.05) is 45.0 Å². The van der Waals surface area contributed by atoms with E-state index in [-0.39, 0.29) is 0 Å². The topological polar surface area (TPSA) is 19.0 Å². The normalized spacial score (nSPS) is 18.5. The lowest BCUT2D eigenvalue weighted by Gasteiger charge is -2.36. The Balaban J connectivity index is 1.18. The van der Waals surface area contributed by atoms with Crippen molar-refractivity contribution < 1.29 is 4.74 Å². The summed E-state index contributed by atoms with van der Waals surface area (Å²) in [7, 11) is 0. The number of hydrogen-bond acceptors (Lipinski definition) is 4. The van der Waals surface area contributed by atoms with Gasteiger partial charge in [0.1, 0.15) is 5.75 Å². The highest BCUT2D eigenvalue weighted by molar-refractivity contribution is 5.49. The molecule has 0 bridgehead atoms. The third-order valence-corrected chi connectivity index (χ3v) is 5.91. The van der Waals surface area contributed by atoms with Crippen LogP contribution < -0.4 is 9.64 Å². The van der Waals surface area contributed by atoms with Crippen molar-refractivity contribution in [2.75, 3.05) is 57.3 Å². The van der Waals surface area contributed by atoms with Gasteiger partial charge >= 0.3 is 0 Å². The number of ether oxygens (including phenoxy) is 1. The second-order valence-corrected chi connectivity index (χ2v) is 7.99. The van der Waals surface area contributed by atoms with E-state index in [9.17, 15) is 0 Å². The first kappa shape index (κ1) is 19.3. The Morgan fingerprint density at radius 3 is 2.14 bits per heavy atom. The standard InChI is InChI=1S/C24H33N3O/c1-2-7-22(8-3-1)21-26-16-18-27(19-17-26)23-9-11-24(12-10-23)28-20-6-15-25-13-4-5-14-25/h1-3,7-12H,4-6,13-21H2. The molecule has 0 saturated carbocycles. The van der Waals surface area contributed by atoms with Crippen molar-refractivity contribution in [3.8, 4) is 5.75 Å². The molecule has 4 heteroatoms. The van der Waals surface area contributed by atoms with Gasteiger partial charge in [-0.3, -0.25) is 4.90 Å². The maximum atomic E-state index is 5.94. The molecule has 2 heterocycles. The molecule has 0 N–H and O–H groups in total. The zero-order valence-corrected chi connectivity index (χ0v) is 16.9. The maximum Gasteiger partial charge on any atom is 0.119 e. The molecule has 0 aromatic heterocycles. The molecule has 2 saturated heterocycles. The summed E-state index contributed by atoms with van der Waals surface area (Å²) in [5, 5.41) is 0. The summed E-state index contributed by atoms with van der Waals surface area (Å²) in [5.41, 5.74) is 2.71. The van der Waals surface area contributed by atoms with Crippen LogP contribution in [0.3, 0.4) is 0 Å². The molecule has 2 aromatic rings. The van der Waals surface area contributed by atoms with Crippen molar-refractivity contribution in [1.82, 2.24) is 9.80 Å². The summed E-state index contributed by atoms with van der Waals surface area (Å²) in [6.45, 7) is 9.98. The first-order valence-corrected chi connectivity index (χ1v) is 10.8. The third-order valence-electron chi connectivity index (χ3n) is 5.91. The summed E-state index contributed by atoms with van der Waals surface area (Å²) in [4.78, 5) is 7.58. The van der Waals surface area contributed by atoms with Gasteiger partial charge in [-0.2, -0.15) is 0 Å². The highest BCUT2D eigenvalue weighted by Crippen LogP contribution is 2.21. The molecule has 0 amide bonds. The van der Waals surface area contributed by atoms with Gasteiger partial charge in [-0.25, -0.2) is 0 Å². The minimum absolute atomic E-state index is 0.813. The first-order chi connectivity index (χ1) is 13.9. The summed E-state index contributed by atoms with van der Waals surface area (Å²) in [6, 6.07) is 19.5. The fraction of sp³-hybridized carbons (Fsp3) is 0.500. The third kappa shape index (κ3) is 5.49. The predicted octanol–water partition coefficient (Wildman–Crippen LogP) is 3.87. The second kappa shape index (κ2) is 9.94. The number of rotatable bonds is 8. The van der Waals surface area contributed by atoms with E-state index < -0.39 is 0 Å². The molecule has 0 aliphatic carbocycles. The lowest BCUT2D eigenvalue weighted by molar-refractivity contribution is 0.250. The number of piperazine rings is 1. The quantitative estimate of drug-likeness (QED) is 0.648. The van der Waals surface area contributed by atoms with E-state index in [1.165, 1.54) is 43.7 Å². The highest BCUT2D eigenvalue weighted by Gasteiger charge is 2.17. The van der Waals surface area contributed by atoms with Gasteiger partial charge in [0.2, 0.25) is 0 Å². The van der Waals surface area contributed by atoms with Crippen molar-refractivity contribution in [2.45, 2.75) is 25.8 Å². The number of nitrogens with zero attached hydrogens (tertiary/aromatic N) is 3. The molecule has 28 heavy (non-hydrogen) atoms. The van der Waals surface area contributed by atoms with Crippen LogP contribution in [0.2, 0.25) is 0 Å². The van der Waals surface area contributed by atoms with Gasteiger partial charge in [-0.1, -0.05) is 30.3 Å². The molecule has 0 spiro atoms. The van der Waals surface area contributed by atoms with Crippen LogP contribution in [-0.2, 0) is 6.54 Å². The number of hydrogen-bond donors (Lipinski definition) is 0. The average Bonchev–Trinajstić information content (AvgIpc) is 3.27.